The van der Waals surface area contributed by atoms with Gasteiger partial charge in [-0.1, -0.05) is 19.3 Å². The fourth-order valence-corrected chi connectivity index (χ4v) is 3.00. The monoisotopic (exact) mass is 279 g/mol. The first-order valence-corrected chi connectivity index (χ1v) is 6.99. The number of carbonyl (C=O) groups excluding carboxylic acids is 1. The molecule has 0 aromatic carbocycles. The predicted molar refractivity (Wildman–Crippen MR) is 73.6 cm³/mol. The maximum atomic E-state index is 12.3. The van der Waals surface area contributed by atoms with Crippen molar-refractivity contribution in [3.05, 3.63) is 17.2 Å². The normalized spacial score (nSPS) is 17.7. The lowest BCUT2D eigenvalue weighted by atomic mass is 9.79. The fourth-order valence-electron chi connectivity index (χ4n) is 3.00. The lowest BCUT2D eigenvalue weighted by Gasteiger charge is -2.36. The molecule has 0 unspecified atom stereocenters. The van der Waals surface area contributed by atoms with Crippen molar-refractivity contribution >= 4 is 11.9 Å². The number of H-pyrrole nitrogens is 1. The van der Waals surface area contributed by atoms with Crippen LogP contribution in [-0.4, -0.2) is 32.5 Å². The molecule has 110 valence electrons. The van der Waals surface area contributed by atoms with Gasteiger partial charge in [0.1, 0.15) is 11.5 Å². The number of aromatic nitrogens is 2. The SMILES string of the molecule is Cc1nc(C(=O)NC2(CC(=O)O)CCCCC2)c(C)[nH]1. The van der Waals surface area contributed by atoms with Crippen LogP contribution in [0.1, 0.15) is 60.5 Å². The smallest absolute Gasteiger partial charge is 0.305 e. The first kappa shape index (κ1) is 14.6. The van der Waals surface area contributed by atoms with E-state index in [2.05, 4.69) is 15.3 Å². The van der Waals surface area contributed by atoms with Gasteiger partial charge in [-0.25, -0.2) is 4.98 Å². The Morgan fingerprint density at radius 1 is 1.30 bits per heavy atom. The number of nitrogens with zero attached hydrogens (tertiary/aromatic N) is 1. The van der Waals surface area contributed by atoms with Crippen LogP contribution in [0.3, 0.4) is 0 Å². The molecule has 6 heteroatoms. The molecule has 0 atom stereocenters. The van der Waals surface area contributed by atoms with E-state index in [0.717, 1.165) is 19.3 Å². The number of carbonyl (C=O) groups is 2. The van der Waals surface area contributed by atoms with Gasteiger partial charge in [-0.2, -0.15) is 0 Å². The van der Waals surface area contributed by atoms with Gasteiger partial charge in [0.2, 0.25) is 0 Å². The Kier molecular flexibility index (Phi) is 4.11. The second kappa shape index (κ2) is 5.64. The number of nitrogens with one attached hydrogen (secondary N) is 2. The van der Waals surface area contributed by atoms with Crippen LogP contribution in [0.2, 0.25) is 0 Å². The van der Waals surface area contributed by atoms with E-state index < -0.39 is 11.5 Å². The molecule has 1 saturated carbocycles. The molecule has 0 bridgehead atoms. The van der Waals surface area contributed by atoms with Crippen LogP contribution in [0.25, 0.3) is 0 Å². The molecule has 0 radical (unpaired) electrons. The summed E-state index contributed by atoms with van der Waals surface area (Å²) in [6.45, 7) is 3.58. The van der Waals surface area contributed by atoms with Crippen molar-refractivity contribution in [2.45, 2.75) is 57.9 Å². The second-order valence-corrected chi connectivity index (χ2v) is 5.66. The number of carboxylic acids is 1. The third-order valence-corrected chi connectivity index (χ3v) is 3.90. The van der Waals surface area contributed by atoms with E-state index in [1.54, 1.807) is 13.8 Å². The maximum absolute atomic E-state index is 12.3. The molecular weight excluding hydrogens is 258 g/mol. The van der Waals surface area contributed by atoms with Crippen LogP contribution >= 0.6 is 0 Å². The zero-order chi connectivity index (χ0) is 14.8. The quantitative estimate of drug-likeness (QED) is 0.784. The third-order valence-electron chi connectivity index (χ3n) is 3.90. The van der Waals surface area contributed by atoms with Crippen LogP contribution in [0, 0.1) is 13.8 Å². The largest absolute Gasteiger partial charge is 0.481 e. The van der Waals surface area contributed by atoms with Crippen molar-refractivity contribution in [1.29, 1.82) is 0 Å². The minimum atomic E-state index is -0.873. The highest BCUT2D eigenvalue weighted by Crippen LogP contribution is 2.31. The molecule has 1 aromatic rings. The van der Waals surface area contributed by atoms with Crippen molar-refractivity contribution in [3.8, 4) is 0 Å². The van der Waals surface area contributed by atoms with Crippen molar-refractivity contribution in [2.75, 3.05) is 0 Å². The number of hydrogen-bond acceptors (Lipinski definition) is 3. The lowest BCUT2D eigenvalue weighted by molar-refractivity contribution is -0.139. The van der Waals surface area contributed by atoms with Gasteiger partial charge in [-0.3, -0.25) is 9.59 Å². The average Bonchev–Trinajstić information content (AvgIpc) is 2.68. The van der Waals surface area contributed by atoms with Crippen LogP contribution in [-0.2, 0) is 4.79 Å². The Balaban J connectivity index is 2.17. The van der Waals surface area contributed by atoms with E-state index in [0.29, 0.717) is 30.1 Å². The Bertz CT molecular complexity index is 516. The Morgan fingerprint density at radius 3 is 2.45 bits per heavy atom. The molecule has 1 amide bonds. The Labute approximate surface area is 118 Å². The van der Waals surface area contributed by atoms with Crippen molar-refractivity contribution in [1.82, 2.24) is 15.3 Å². The third kappa shape index (κ3) is 3.18. The van der Waals surface area contributed by atoms with E-state index in [-0.39, 0.29) is 12.3 Å². The molecule has 2 rings (SSSR count). The number of hydrogen-bond donors (Lipinski definition) is 3. The van der Waals surface area contributed by atoms with E-state index in [1.807, 2.05) is 0 Å². The molecule has 3 N–H and O–H groups in total. The molecule has 1 aliphatic rings. The number of aromatic amines is 1. The van der Waals surface area contributed by atoms with Gasteiger partial charge in [0.15, 0.2) is 0 Å². The molecule has 1 aliphatic carbocycles. The zero-order valence-electron chi connectivity index (χ0n) is 12.0. The summed E-state index contributed by atoms with van der Waals surface area (Å²) in [4.78, 5) is 30.6. The van der Waals surface area contributed by atoms with Gasteiger partial charge in [0, 0.05) is 5.69 Å². The first-order chi connectivity index (χ1) is 9.42. The van der Waals surface area contributed by atoms with Crippen LogP contribution in [0.15, 0.2) is 0 Å². The lowest BCUT2D eigenvalue weighted by Crippen LogP contribution is -2.51. The van der Waals surface area contributed by atoms with Crippen LogP contribution < -0.4 is 5.32 Å². The highest BCUT2D eigenvalue weighted by molar-refractivity contribution is 5.94. The average molecular weight is 279 g/mol. The van der Waals surface area contributed by atoms with Gasteiger partial charge in [-0.05, 0) is 26.7 Å². The summed E-state index contributed by atoms with van der Waals surface area (Å²) >= 11 is 0. The fraction of sp³-hybridized carbons (Fsp3) is 0.643. The summed E-state index contributed by atoms with van der Waals surface area (Å²) in [6, 6.07) is 0. The van der Waals surface area contributed by atoms with Crippen molar-refractivity contribution in [3.63, 3.8) is 0 Å². The highest BCUT2D eigenvalue weighted by Gasteiger charge is 2.36. The molecule has 20 heavy (non-hydrogen) atoms. The zero-order valence-corrected chi connectivity index (χ0v) is 12.0. The van der Waals surface area contributed by atoms with Crippen molar-refractivity contribution in [2.24, 2.45) is 0 Å². The molecule has 1 aromatic heterocycles. The van der Waals surface area contributed by atoms with E-state index in [4.69, 9.17) is 5.11 Å². The Hall–Kier alpha value is -1.85. The molecule has 0 aliphatic heterocycles. The number of amides is 1. The van der Waals surface area contributed by atoms with Crippen LogP contribution in [0.4, 0.5) is 0 Å². The summed E-state index contributed by atoms with van der Waals surface area (Å²) in [5, 5.41) is 12.0. The van der Waals surface area contributed by atoms with E-state index >= 15 is 0 Å². The topological polar surface area (TPSA) is 95.1 Å². The second-order valence-electron chi connectivity index (χ2n) is 5.66. The Morgan fingerprint density at radius 2 is 1.95 bits per heavy atom. The number of rotatable bonds is 4. The van der Waals surface area contributed by atoms with Crippen molar-refractivity contribution < 1.29 is 14.7 Å². The highest BCUT2D eigenvalue weighted by atomic mass is 16.4. The van der Waals surface area contributed by atoms with Gasteiger partial charge in [0.25, 0.3) is 5.91 Å². The minimum Gasteiger partial charge on any atom is -0.481 e. The summed E-state index contributed by atoms with van der Waals surface area (Å²) in [5.74, 6) is -0.472. The predicted octanol–water partition coefficient (Wildman–Crippen LogP) is 1.93. The van der Waals surface area contributed by atoms with Gasteiger partial charge in [0.05, 0.1) is 12.0 Å². The maximum Gasteiger partial charge on any atom is 0.305 e. The van der Waals surface area contributed by atoms with Gasteiger partial charge < -0.3 is 15.4 Å². The molecular formula is C14H21N3O3. The minimum absolute atomic E-state index is 0.0266. The first-order valence-electron chi connectivity index (χ1n) is 6.99. The number of aliphatic carboxylic acids is 1. The summed E-state index contributed by atoms with van der Waals surface area (Å²) in [7, 11) is 0. The molecule has 0 saturated heterocycles. The molecule has 1 heterocycles. The van der Waals surface area contributed by atoms with Crippen LogP contribution in [0.5, 0.6) is 0 Å². The number of carboxylic acid groups (broad SMARTS) is 1. The summed E-state index contributed by atoms with van der Waals surface area (Å²) in [6.07, 6.45) is 4.40. The van der Waals surface area contributed by atoms with Gasteiger partial charge in [-0.15, -0.1) is 0 Å². The molecule has 6 nitrogen and oxygen atoms in total. The van der Waals surface area contributed by atoms with E-state index in [1.165, 1.54) is 0 Å². The number of aryl methyl sites for hydroxylation is 2. The molecule has 0 spiro atoms. The van der Waals surface area contributed by atoms with E-state index in [9.17, 15) is 9.59 Å². The summed E-state index contributed by atoms with van der Waals surface area (Å²) < 4.78 is 0. The number of imidazole rings is 1. The molecule has 1 fully saturated rings. The van der Waals surface area contributed by atoms with Gasteiger partial charge >= 0.3 is 5.97 Å². The standard InChI is InChI=1S/C14H21N3O3/c1-9-12(16-10(2)15-9)13(20)17-14(8-11(18)19)6-4-3-5-7-14/h3-8H2,1-2H3,(H,15,16)(H,17,20)(H,18,19). The summed E-state index contributed by atoms with van der Waals surface area (Å²) in [5.41, 5.74) is 0.444.